The van der Waals surface area contributed by atoms with Crippen molar-refractivity contribution in [1.82, 2.24) is 5.32 Å². The summed E-state index contributed by atoms with van der Waals surface area (Å²) in [7, 11) is 0. The number of benzene rings is 1. The standard InChI is InChI=1S/C19H28N2O/c1-19(2,3)15-6-4-5-7-16(15)20-12-17(22)21-18(13-8-9-13)14-10-11-14/h4-7,13-14,18,20H,8-12H2,1-3H3,(H,21,22). The largest absolute Gasteiger partial charge is 0.376 e. The lowest BCUT2D eigenvalue weighted by atomic mass is 9.86. The van der Waals surface area contributed by atoms with E-state index in [4.69, 9.17) is 0 Å². The van der Waals surface area contributed by atoms with Crippen LogP contribution in [0.3, 0.4) is 0 Å². The smallest absolute Gasteiger partial charge is 0.239 e. The van der Waals surface area contributed by atoms with Crippen molar-refractivity contribution in [3.8, 4) is 0 Å². The van der Waals surface area contributed by atoms with Crippen LogP contribution in [0.1, 0.15) is 52.0 Å². The summed E-state index contributed by atoms with van der Waals surface area (Å²) >= 11 is 0. The number of anilines is 1. The second-order valence-corrected chi connectivity index (χ2v) is 7.92. The Labute approximate surface area is 133 Å². The molecule has 1 aromatic rings. The zero-order chi connectivity index (χ0) is 15.7. The minimum absolute atomic E-state index is 0.0740. The van der Waals surface area contributed by atoms with Crippen molar-refractivity contribution < 1.29 is 4.79 Å². The van der Waals surface area contributed by atoms with Gasteiger partial charge in [-0.25, -0.2) is 0 Å². The van der Waals surface area contributed by atoms with Crippen LogP contribution in [0.5, 0.6) is 0 Å². The molecular formula is C19H28N2O. The van der Waals surface area contributed by atoms with Gasteiger partial charge in [-0.05, 0) is 54.6 Å². The Morgan fingerprint density at radius 1 is 1.14 bits per heavy atom. The molecule has 0 aromatic heterocycles. The van der Waals surface area contributed by atoms with E-state index < -0.39 is 0 Å². The minimum atomic E-state index is 0.0740. The number of hydrogen-bond acceptors (Lipinski definition) is 2. The predicted octanol–water partition coefficient (Wildman–Crippen LogP) is 3.70. The number of hydrogen-bond donors (Lipinski definition) is 2. The number of nitrogens with one attached hydrogen (secondary N) is 2. The molecule has 0 spiro atoms. The molecule has 0 heterocycles. The fourth-order valence-electron chi connectivity index (χ4n) is 3.23. The van der Waals surface area contributed by atoms with E-state index in [1.54, 1.807) is 0 Å². The molecule has 3 rings (SSSR count). The number of para-hydroxylation sites is 1. The summed E-state index contributed by atoms with van der Waals surface area (Å²) in [5, 5.41) is 6.60. The number of carbonyl (C=O) groups is 1. The molecule has 2 saturated carbocycles. The number of rotatable bonds is 6. The second kappa shape index (κ2) is 5.94. The van der Waals surface area contributed by atoms with E-state index in [2.05, 4.69) is 49.6 Å². The summed E-state index contributed by atoms with van der Waals surface area (Å²) in [4.78, 5) is 12.3. The second-order valence-electron chi connectivity index (χ2n) is 7.92. The molecule has 1 aromatic carbocycles. The summed E-state index contributed by atoms with van der Waals surface area (Å²) in [6.45, 7) is 6.96. The molecule has 0 saturated heterocycles. The zero-order valence-corrected chi connectivity index (χ0v) is 14.0. The van der Waals surface area contributed by atoms with Crippen molar-refractivity contribution in [1.29, 1.82) is 0 Å². The molecular weight excluding hydrogens is 272 g/mol. The topological polar surface area (TPSA) is 41.1 Å². The summed E-state index contributed by atoms with van der Waals surface area (Å²) in [6.07, 6.45) is 5.17. The van der Waals surface area contributed by atoms with Gasteiger partial charge in [0.15, 0.2) is 0 Å². The van der Waals surface area contributed by atoms with Crippen LogP contribution >= 0.6 is 0 Å². The van der Waals surface area contributed by atoms with E-state index in [0.717, 1.165) is 17.5 Å². The molecule has 2 fully saturated rings. The Morgan fingerprint density at radius 3 is 2.27 bits per heavy atom. The van der Waals surface area contributed by atoms with Crippen LogP contribution in [0.25, 0.3) is 0 Å². The van der Waals surface area contributed by atoms with Gasteiger partial charge in [0, 0.05) is 11.7 Å². The van der Waals surface area contributed by atoms with Crippen LogP contribution in [0.4, 0.5) is 5.69 Å². The molecule has 0 bridgehead atoms. The maximum atomic E-state index is 12.3. The molecule has 2 aliphatic carbocycles. The van der Waals surface area contributed by atoms with E-state index in [-0.39, 0.29) is 11.3 Å². The highest BCUT2D eigenvalue weighted by Gasteiger charge is 2.42. The van der Waals surface area contributed by atoms with Gasteiger partial charge < -0.3 is 10.6 Å². The van der Waals surface area contributed by atoms with Crippen LogP contribution in [-0.4, -0.2) is 18.5 Å². The van der Waals surface area contributed by atoms with Gasteiger partial charge in [-0.1, -0.05) is 39.0 Å². The molecule has 3 heteroatoms. The average Bonchev–Trinajstić information content (AvgIpc) is 3.35. The molecule has 0 unspecified atom stereocenters. The fraction of sp³-hybridized carbons (Fsp3) is 0.632. The normalized spacial score (nSPS) is 18.4. The first-order chi connectivity index (χ1) is 10.4. The van der Waals surface area contributed by atoms with Gasteiger partial charge in [0.1, 0.15) is 0 Å². The van der Waals surface area contributed by atoms with Crippen LogP contribution in [0.2, 0.25) is 0 Å². The molecule has 0 radical (unpaired) electrons. The van der Waals surface area contributed by atoms with E-state index in [9.17, 15) is 4.79 Å². The van der Waals surface area contributed by atoms with Crippen molar-refractivity contribution in [3.63, 3.8) is 0 Å². The molecule has 2 aliphatic rings. The van der Waals surface area contributed by atoms with E-state index >= 15 is 0 Å². The summed E-state index contributed by atoms with van der Waals surface area (Å²) in [5.74, 6) is 1.63. The van der Waals surface area contributed by atoms with E-state index in [0.29, 0.717) is 12.6 Å². The third-order valence-electron chi connectivity index (χ3n) is 4.76. The third-order valence-corrected chi connectivity index (χ3v) is 4.76. The fourth-order valence-corrected chi connectivity index (χ4v) is 3.23. The van der Waals surface area contributed by atoms with Crippen LogP contribution < -0.4 is 10.6 Å². The Hall–Kier alpha value is -1.51. The molecule has 0 aliphatic heterocycles. The van der Waals surface area contributed by atoms with Gasteiger partial charge in [-0.15, -0.1) is 0 Å². The van der Waals surface area contributed by atoms with E-state index in [1.807, 2.05) is 6.07 Å². The Morgan fingerprint density at radius 2 is 1.73 bits per heavy atom. The van der Waals surface area contributed by atoms with Crippen molar-refractivity contribution in [2.75, 3.05) is 11.9 Å². The maximum absolute atomic E-state index is 12.3. The Bertz CT molecular complexity index is 527. The zero-order valence-electron chi connectivity index (χ0n) is 14.0. The molecule has 1 amide bonds. The molecule has 120 valence electrons. The van der Waals surface area contributed by atoms with Crippen LogP contribution in [-0.2, 0) is 10.2 Å². The highest BCUT2D eigenvalue weighted by molar-refractivity contribution is 5.81. The lowest BCUT2D eigenvalue weighted by Gasteiger charge is -2.24. The maximum Gasteiger partial charge on any atom is 0.239 e. The monoisotopic (exact) mass is 300 g/mol. The lowest BCUT2D eigenvalue weighted by molar-refractivity contribution is -0.120. The molecule has 22 heavy (non-hydrogen) atoms. The predicted molar refractivity (Wildman–Crippen MR) is 91.0 cm³/mol. The first-order valence-corrected chi connectivity index (χ1v) is 8.58. The van der Waals surface area contributed by atoms with Crippen molar-refractivity contribution >= 4 is 11.6 Å². The van der Waals surface area contributed by atoms with E-state index in [1.165, 1.54) is 31.2 Å². The summed E-state index contributed by atoms with van der Waals surface area (Å²) in [5.41, 5.74) is 2.40. The average molecular weight is 300 g/mol. The highest BCUT2D eigenvalue weighted by atomic mass is 16.2. The Balaban J connectivity index is 1.57. The number of carbonyl (C=O) groups excluding carboxylic acids is 1. The molecule has 0 atom stereocenters. The first kappa shape index (κ1) is 15.4. The van der Waals surface area contributed by atoms with Crippen molar-refractivity contribution in [2.45, 2.75) is 57.9 Å². The van der Waals surface area contributed by atoms with Crippen molar-refractivity contribution in [2.24, 2.45) is 11.8 Å². The van der Waals surface area contributed by atoms with Gasteiger partial charge >= 0.3 is 0 Å². The minimum Gasteiger partial charge on any atom is -0.376 e. The SMILES string of the molecule is CC(C)(C)c1ccccc1NCC(=O)NC(C1CC1)C1CC1. The number of amides is 1. The quantitative estimate of drug-likeness (QED) is 0.841. The van der Waals surface area contributed by atoms with Gasteiger partial charge in [-0.2, -0.15) is 0 Å². The molecule has 3 nitrogen and oxygen atoms in total. The highest BCUT2D eigenvalue weighted by Crippen LogP contribution is 2.44. The summed E-state index contributed by atoms with van der Waals surface area (Å²) < 4.78 is 0. The van der Waals surface area contributed by atoms with Crippen LogP contribution in [0.15, 0.2) is 24.3 Å². The lowest BCUT2D eigenvalue weighted by Crippen LogP contribution is -2.41. The van der Waals surface area contributed by atoms with Gasteiger partial charge in [0.2, 0.25) is 5.91 Å². The molecule has 2 N–H and O–H groups in total. The van der Waals surface area contributed by atoms with Crippen molar-refractivity contribution in [3.05, 3.63) is 29.8 Å². The van der Waals surface area contributed by atoms with Gasteiger partial charge in [0.05, 0.1) is 6.54 Å². The Kier molecular flexibility index (Phi) is 4.16. The summed E-state index contributed by atoms with van der Waals surface area (Å²) in [6, 6.07) is 8.71. The van der Waals surface area contributed by atoms with Gasteiger partial charge in [-0.3, -0.25) is 4.79 Å². The third kappa shape index (κ3) is 3.82. The first-order valence-electron chi connectivity index (χ1n) is 8.58. The van der Waals surface area contributed by atoms with Gasteiger partial charge in [0.25, 0.3) is 0 Å². The van der Waals surface area contributed by atoms with Crippen LogP contribution in [0, 0.1) is 11.8 Å².